The summed E-state index contributed by atoms with van der Waals surface area (Å²) in [5, 5.41) is 18.1. The van der Waals surface area contributed by atoms with Crippen molar-refractivity contribution in [2.45, 2.75) is 31.3 Å². The van der Waals surface area contributed by atoms with Gasteiger partial charge in [-0.05, 0) is 25.5 Å². The molecule has 0 radical (unpaired) electrons. The number of nitro groups is 1. The first-order valence-corrected chi connectivity index (χ1v) is 9.87. The van der Waals surface area contributed by atoms with Crippen LogP contribution in [-0.2, 0) is 23.1 Å². The fraction of sp³-hybridized carbons (Fsp3) is 0.375. The second-order valence-corrected chi connectivity index (χ2v) is 7.93. The van der Waals surface area contributed by atoms with Crippen molar-refractivity contribution in [1.29, 1.82) is 0 Å². The van der Waals surface area contributed by atoms with Gasteiger partial charge in [0.1, 0.15) is 5.69 Å². The van der Waals surface area contributed by atoms with Gasteiger partial charge >= 0.3 is 0 Å². The molecule has 0 bridgehead atoms. The molecule has 1 aromatic carbocycles. The van der Waals surface area contributed by atoms with Gasteiger partial charge in [0.15, 0.2) is 4.90 Å². The van der Waals surface area contributed by atoms with E-state index < -0.39 is 20.6 Å². The smallest absolute Gasteiger partial charge is 0.289 e. The quantitative estimate of drug-likeness (QED) is 0.599. The van der Waals surface area contributed by atoms with Crippen LogP contribution in [0, 0.1) is 10.1 Å². The topological polar surface area (TPSA) is 127 Å². The molecule has 0 unspecified atom stereocenters. The van der Waals surface area contributed by atoms with Gasteiger partial charge in [0.05, 0.1) is 17.2 Å². The van der Waals surface area contributed by atoms with Crippen molar-refractivity contribution in [3.8, 4) is 0 Å². The Bertz CT molecular complexity index is 985. The van der Waals surface area contributed by atoms with Gasteiger partial charge in [-0.2, -0.15) is 9.40 Å². The number of nitro benzene ring substituents is 1. The van der Waals surface area contributed by atoms with E-state index in [1.165, 1.54) is 28.6 Å². The van der Waals surface area contributed by atoms with Crippen LogP contribution in [0.3, 0.4) is 0 Å². The summed E-state index contributed by atoms with van der Waals surface area (Å²) in [6.45, 7) is 2.89. The van der Waals surface area contributed by atoms with Crippen LogP contribution in [0.25, 0.3) is 0 Å². The number of aromatic nitrogens is 2. The Morgan fingerprint density at radius 1 is 1.33 bits per heavy atom. The van der Waals surface area contributed by atoms with Crippen molar-refractivity contribution in [2.75, 3.05) is 13.1 Å². The number of carbonyl (C=O) groups is 1. The summed E-state index contributed by atoms with van der Waals surface area (Å²) < 4.78 is 28.9. The molecule has 0 fully saturated rings. The second kappa shape index (κ2) is 7.45. The highest BCUT2D eigenvalue weighted by Crippen LogP contribution is 2.28. The maximum atomic E-state index is 13.0. The van der Waals surface area contributed by atoms with Gasteiger partial charge in [-0.25, -0.2) is 8.42 Å². The molecule has 1 amide bonds. The number of nitrogens with zero attached hydrogens (tertiary/aromatic N) is 4. The highest BCUT2D eigenvalue weighted by atomic mass is 32.2. The molecule has 144 valence electrons. The lowest BCUT2D eigenvalue weighted by Gasteiger charge is -2.19. The molecule has 1 aliphatic rings. The Morgan fingerprint density at radius 2 is 2.07 bits per heavy atom. The van der Waals surface area contributed by atoms with Crippen molar-refractivity contribution in [3.05, 3.63) is 51.8 Å². The zero-order valence-corrected chi connectivity index (χ0v) is 15.5. The number of aryl methyl sites for hydroxylation is 1. The lowest BCUT2D eigenvalue weighted by Crippen LogP contribution is -2.31. The molecule has 27 heavy (non-hydrogen) atoms. The molecule has 2 heterocycles. The molecule has 0 saturated carbocycles. The van der Waals surface area contributed by atoms with Crippen molar-refractivity contribution >= 4 is 21.6 Å². The minimum absolute atomic E-state index is 0.0131. The minimum Gasteiger partial charge on any atom is -0.351 e. The van der Waals surface area contributed by atoms with E-state index >= 15 is 0 Å². The van der Waals surface area contributed by atoms with E-state index in [2.05, 4.69) is 10.4 Å². The third kappa shape index (κ3) is 3.69. The Hall–Kier alpha value is -2.79. The van der Waals surface area contributed by atoms with Gasteiger partial charge in [-0.15, -0.1) is 0 Å². The van der Waals surface area contributed by atoms with Crippen LogP contribution < -0.4 is 5.32 Å². The zero-order chi connectivity index (χ0) is 19.6. The zero-order valence-electron chi connectivity index (χ0n) is 14.7. The lowest BCUT2D eigenvalue weighted by molar-refractivity contribution is -0.387. The molecule has 3 rings (SSSR count). The first-order valence-electron chi connectivity index (χ1n) is 8.43. The summed E-state index contributed by atoms with van der Waals surface area (Å²) in [4.78, 5) is 22.1. The van der Waals surface area contributed by atoms with E-state index in [4.69, 9.17) is 0 Å². The van der Waals surface area contributed by atoms with E-state index in [-0.39, 0.29) is 29.6 Å². The summed E-state index contributed by atoms with van der Waals surface area (Å²) >= 11 is 0. The number of benzene rings is 1. The van der Waals surface area contributed by atoms with Gasteiger partial charge in [-0.3, -0.25) is 19.6 Å². The molecule has 2 aromatic rings. The number of fused-ring (bicyclic) bond motifs is 1. The van der Waals surface area contributed by atoms with Crippen LogP contribution in [0.1, 0.15) is 29.5 Å². The molecule has 11 heteroatoms. The minimum atomic E-state index is -4.07. The van der Waals surface area contributed by atoms with Crippen LogP contribution in [-0.4, -0.2) is 46.4 Å². The predicted molar refractivity (Wildman–Crippen MR) is 95.5 cm³/mol. The molecule has 1 N–H and O–H groups in total. The summed E-state index contributed by atoms with van der Waals surface area (Å²) in [7, 11) is -4.07. The van der Waals surface area contributed by atoms with Crippen molar-refractivity contribution in [2.24, 2.45) is 0 Å². The van der Waals surface area contributed by atoms with Crippen molar-refractivity contribution in [3.63, 3.8) is 0 Å². The van der Waals surface area contributed by atoms with E-state index in [0.29, 0.717) is 25.2 Å². The van der Waals surface area contributed by atoms with Crippen LogP contribution in [0.15, 0.2) is 35.2 Å². The third-order valence-corrected chi connectivity index (χ3v) is 6.12. The normalized spacial score (nSPS) is 15.0. The molecule has 0 saturated heterocycles. The molecular formula is C16H19N5O5S. The summed E-state index contributed by atoms with van der Waals surface area (Å²) in [6, 6.07) is 6.83. The first kappa shape index (κ1) is 19.0. The summed E-state index contributed by atoms with van der Waals surface area (Å²) in [5.74, 6) is -0.328. The number of para-hydroxylation sites is 1. The summed E-state index contributed by atoms with van der Waals surface area (Å²) in [5.41, 5.74) is 0.325. The largest absolute Gasteiger partial charge is 0.351 e. The van der Waals surface area contributed by atoms with Crippen LogP contribution in [0.2, 0.25) is 0 Å². The maximum absolute atomic E-state index is 13.0. The number of amides is 1. The Labute approximate surface area is 156 Å². The van der Waals surface area contributed by atoms with Crippen molar-refractivity contribution < 1.29 is 18.1 Å². The average molecular weight is 393 g/mol. The monoisotopic (exact) mass is 393 g/mol. The highest BCUT2D eigenvalue weighted by molar-refractivity contribution is 7.89. The van der Waals surface area contributed by atoms with E-state index in [1.54, 1.807) is 17.7 Å². The molecule has 1 aromatic heterocycles. The van der Waals surface area contributed by atoms with Crippen LogP contribution in [0.5, 0.6) is 0 Å². The number of carbonyl (C=O) groups excluding carboxylic acids is 1. The fourth-order valence-electron chi connectivity index (χ4n) is 2.97. The van der Waals surface area contributed by atoms with Gasteiger partial charge < -0.3 is 5.32 Å². The van der Waals surface area contributed by atoms with E-state index in [0.717, 1.165) is 0 Å². The molecular weight excluding hydrogens is 374 g/mol. The van der Waals surface area contributed by atoms with Crippen LogP contribution in [0.4, 0.5) is 5.69 Å². The van der Waals surface area contributed by atoms with Gasteiger partial charge in [-0.1, -0.05) is 12.1 Å². The molecule has 0 aliphatic carbocycles. The standard InChI is InChI=1S/C16H19N5O5S/c1-2-17-16(22)13-10-12-11-19(8-5-9-20(12)18-13)27(25,26)15-7-4-3-6-14(15)21(23)24/h3-4,6-7,10H,2,5,8-9,11H2,1H3,(H,17,22). The molecule has 10 nitrogen and oxygen atoms in total. The Kier molecular flexibility index (Phi) is 5.24. The van der Waals surface area contributed by atoms with Gasteiger partial charge in [0.25, 0.3) is 11.6 Å². The Morgan fingerprint density at radius 3 is 2.78 bits per heavy atom. The van der Waals surface area contributed by atoms with E-state index in [9.17, 15) is 23.3 Å². The molecule has 1 aliphatic heterocycles. The number of rotatable bonds is 5. The fourth-order valence-corrected chi connectivity index (χ4v) is 4.57. The first-order chi connectivity index (χ1) is 12.8. The van der Waals surface area contributed by atoms with Crippen LogP contribution >= 0.6 is 0 Å². The molecule has 0 spiro atoms. The maximum Gasteiger partial charge on any atom is 0.289 e. The number of nitrogens with one attached hydrogen (secondary N) is 1. The number of sulfonamides is 1. The molecule has 0 atom stereocenters. The van der Waals surface area contributed by atoms with E-state index in [1.807, 2.05) is 0 Å². The third-order valence-electron chi connectivity index (χ3n) is 4.23. The number of hydrogen-bond acceptors (Lipinski definition) is 6. The number of hydrogen-bond donors (Lipinski definition) is 1. The lowest BCUT2D eigenvalue weighted by atomic mass is 10.3. The summed E-state index contributed by atoms with van der Waals surface area (Å²) in [6.07, 6.45) is 0.476. The highest BCUT2D eigenvalue weighted by Gasteiger charge is 2.33. The Balaban J connectivity index is 1.95. The second-order valence-electron chi connectivity index (χ2n) is 6.02. The SMILES string of the molecule is CCNC(=O)c1cc2n(n1)CCCN(S(=O)(=O)c1ccccc1[N+](=O)[O-])C2. The average Bonchev–Trinajstić information content (AvgIpc) is 2.93. The van der Waals surface area contributed by atoms with Gasteiger partial charge in [0, 0.05) is 25.7 Å². The predicted octanol–water partition coefficient (Wildman–Crippen LogP) is 1.14. The van der Waals surface area contributed by atoms with Crippen molar-refractivity contribution in [1.82, 2.24) is 19.4 Å². The van der Waals surface area contributed by atoms with Gasteiger partial charge in [0.2, 0.25) is 10.0 Å².